The molecule has 2 aromatic heterocycles. The molecule has 1 aliphatic heterocycles. The van der Waals surface area contributed by atoms with E-state index in [9.17, 15) is 10.2 Å². The highest BCUT2D eigenvalue weighted by atomic mass is 31.2. The molecule has 0 saturated carbocycles. The van der Waals surface area contributed by atoms with Crippen LogP contribution in [0, 0.1) is 0 Å². The summed E-state index contributed by atoms with van der Waals surface area (Å²) in [4.78, 5) is 13.0. The Labute approximate surface area is 160 Å². The smallest absolute Gasteiger partial charge is 0.167 e. The third kappa shape index (κ3) is 4.51. The number of nitrogens with one attached hydrogen (secondary N) is 1. The predicted octanol–water partition coefficient (Wildman–Crippen LogP) is 1.76. The van der Waals surface area contributed by atoms with Crippen LogP contribution in [0.25, 0.3) is 11.2 Å². The molecule has 0 aliphatic carbocycles. The summed E-state index contributed by atoms with van der Waals surface area (Å²) in [5, 5.41) is 24.2. The molecule has 1 fully saturated rings. The Morgan fingerprint density at radius 1 is 1.26 bits per heavy atom. The summed E-state index contributed by atoms with van der Waals surface area (Å²) in [6.07, 6.45) is 7.82. The van der Waals surface area contributed by atoms with Gasteiger partial charge in [-0.3, -0.25) is 4.57 Å². The molecule has 0 bridgehead atoms. The molecule has 3 N–H and O–H groups in total. The van der Waals surface area contributed by atoms with Crippen molar-refractivity contribution in [3.05, 3.63) is 12.7 Å². The van der Waals surface area contributed by atoms with Gasteiger partial charge in [-0.1, -0.05) is 13.3 Å². The minimum Gasteiger partial charge on any atom is -0.388 e. The largest absolute Gasteiger partial charge is 0.388 e. The van der Waals surface area contributed by atoms with Gasteiger partial charge in [0.2, 0.25) is 0 Å². The van der Waals surface area contributed by atoms with E-state index in [0.717, 1.165) is 25.5 Å². The van der Waals surface area contributed by atoms with Crippen molar-refractivity contribution in [1.29, 1.82) is 0 Å². The number of aliphatic hydroxyl groups excluding tert-OH is 2. The van der Waals surface area contributed by atoms with Crippen molar-refractivity contribution in [1.82, 2.24) is 19.5 Å². The van der Waals surface area contributed by atoms with Crippen molar-refractivity contribution in [3.63, 3.8) is 0 Å². The number of nitrogens with zero attached hydrogens (tertiary/aromatic N) is 4. The average Bonchev–Trinajstić information content (AvgIpc) is 3.16. The second kappa shape index (κ2) is 8.27. The molecular weight excluding hydrogens is 365 g/mol. The minimum atomic E-state index is -1.22. The lowest BCUT2D eigenvalue weighted by atomic mass is 10.1. The van der Waals surface area contributed by atoms with Crippen molar-refractivity contribution in [2.24, 2.45) is 0 Å². The predicted molar refractivity (Wildman–Crippen MR) is 110 cm³/mol. The van der Waals surface area contributed by atoms with Gasteiger partial charge in [0.1, 0.15) is 18.5 Å². The fourth-order valence-corrected chi connectivity index (χ4v) is 4.18. The number of imidazole rings is 1. The molecule has 0 aromatic carbocycles. The summed E-state index contributed by atoms with van der Waals surface area (Å²) in [6, 6.07) is 0. The Balaban J connectivity index is 1.80. The first kappa shape index (κ1) is 20.3. The van der Waals surface area contributed by atoms with Crippen LogP contribution in [0.4, 0.5) is 5.82 Å². The van der Waals surface area contributed by atoms with Crippen molar-refractivity contribution in [3.8, 4) is 0 Å². The number of unbranched alkanes of at least 4 members (excludes halogenated alkanes) is 1. The number of aliphatic hydroxyl groups is 2. The second-order valence-electron chi connectivity index (χ2n) is 7.82. The molecule has 3 rings (SSSR count). The molecule has 27 heavy (non-hydrogen) atoms. The maximum atomic E-state index is 10.5. The second-order valence-corrected chi connectivity index (χ2v) is 12.1. The third-order valence-electron chi connectivity index (χ3n) is 4.81. The maximum absolute atomic E-state index is 10.5. The van der Waals surface area contributed by atoms with Gasteiger partial charge in [0, 0.05) is 6.54 Å². The Hall–Kier alpha value is -1.47. The van der Waals surface area contributed by atoms with Gasteiger partial charge in [0.05, 0.1) is 12.4 Å². The highest BCUT2D eigenvalue weighted by molar-refractivity contribution is 7.72. The molecule has 0 spiro atoms. The van der Waals surface area contributed by atoms with Crippen LogP contribution in [0.2, 0.25) is 0 Å². The zero-order chi connectivity index (χ0) is 19.6. The minimum absolute atomic E-state index is 0.424. The van der Waals surface area contributed by atoms with Crippen LogP contribution in [-0.2, 0) is 4.74 Å². The van der Waals surface area contributed by atoms with Crippen molar-refractivity contribution in [2.45, 2.75) is 50.7 Å². The van der Waals surface area contributed by atoms with E-state index in [1.807, 2.05) is 0 Å². The van der Waals surface area contributed by atoms with E-state index in [4.69, 9.17) is 4.74 Å². The lowest BCUT2D eigenvalue weighted by Gasteiger charge is -2.18. The quantitative estimate of drug-likeness (QED) is 0.462. The van der Waals surface area contributed by atoms with Gasteiger partial charge in [-0.15, -0.1) is 13.2 Å². The van der Waals surface area contributed by atoms with E-state index < -0.39 is 31.4 Å². The van der Waals surface area contributed by atoms with Crippen LogP contribution in [0.5, 0.6) is 0 Å². The average molecular weight is 395 g/mol. The van der Waals surface area contributed by atoms with Crippen LogP contribution in [0.1, 0.15) is 32.4 Å². The van der Waals surface area contributed by atoms with Gasteiger partial charge in [-0.05, 0) is 32.3 Å². The van der Waals surface area contributed by atoms with Crippen molar-refractivity contribution in [2.75, 3.05) is 31.4 Å². The number of anilines is 1. The van der Waals surface area contributed by atoms with Crippen molar-refractivity contribution < 1.29 is 14.9 Å². The molecule has 9 heteroatoms. The molecule has 4 atom stereocenters. The lowest BCUT2D eigenvalue weighted by Crippen LogP contribution is -2.31. The molecule has 3 heterocycles. The van der Waals surface area contributed by atoms with Crippen LogP contribution in [0.3, 0.4) is 0 Å². The molecule has 2 aromatic rings. The standard InChI is InChI=1S/C18H30N5O3P/c1-5-6-8-19-16-13-17(21-10-20-16)23(11-22-13)18-15(25)14(24)12(26-18)7-9-27(2,3)4/h10-12,14-15,18,24-25H,2,5-9H2,1,3-4H3,(H,19,20,21)/t12-,14-,15-,18?/m1/s1. The number of fused-ring (bicyclic) bond motifs is 1. The van der Waals surface area contributed by atoms with E-state index >= 15 is 0 Å². The number of hydrogen-bond donors (Lipinski definition) is 3. The Bertz CT molecular complexity index is 820. The monoisotopic (exact) mass is 395 g/mol. The van der Waals surface area contributed by atoms with E-state index in [1.165, 1.54) is 6.33 Å². The third-order valence-corrected chi connectivity index (χ3v) is 6.28. The SMILES string of the molecule is C=P(C)(C)CC[C@H]1OC(n2cnc3c(NCCCC)ncnc32)[C@H](O)[C@@H]1O. The number of rotatable bonds is 8. The fourth-order valence-electron chi connectivity index (χ4n) is 3.23. The highest BCUT2D eigenvalue weighted by Gasteiger charge is 2.44. The van der Waals surface area contributed by atoms with E-state index in [-0.39, 0.29) is 0 Å². The Morgan fingerprint density at radius 3 is 2.74 bits per heavy atom. The van der Waals surface area contributed by atoms with Gasteiger partial charge >= 0.3 is 0 Å². The number of ether oxygens (including phenoxy) is 1. The molecule has 1 aliphatic rings. The summed E-state index contributed by atoms with van der Waals surface area (Å²) in [5.41, 5.74) is 1.21. The topological polar surface area (TPSA) is 105 Å². The molecule has 0 amide bonds. The summed E-state index contributed by atoms with van der Waals surface area (Å²) < 4.78 is 7.69. The Morgan fingerprint density at radius 2 is 2.04 bits per heavy atom. The normalized spacial score (nSPS) is 26.0. The Kier molecular flexibility index (Phi) is 6.21. The first-order valence-corrected chi connectivity index (χ1v) is 12.5. The fraction of sp³-hybridized carbons (Fsp3) is 0.667. The molecule has 1 saturated heterocycles. The van der Waals surface area contributed by atoms with E-state index in [1.54, 1.807) is 10.9 Å². The molecule has 150 valence electrons. The van der Waals surface area contributed by atoms with Gasteiger partial charge in [-0.25, -0.2) is 15.0 Å². The van der Waals surface area contributed by atoms with E-state index in [0.29, 0.717) is 23.4 Å². The van der Waals surface area contributed by atoms with Crippen LogP contribution in [-0.4, -0.2) is 80.4 Å². The van der Waals surface area contributed by atoms with Crippen LogP contribution in [0.15, 0.2) is 12.7 Å². The molecule has 8 nitrogen and oxygen atoms in total. The zero-order valence-corrected chi connectivity index (χ0v) is 17.1. The first-order valence-electron chi connectivity index (χ1n) is 9.42. The molecule has 1 unspecified atom stereocenters. The van der Waals surface area contributed by atoms with E-state index in [2.05, 4.69) is 46.8 Å². The summed E-state index contributed by atoms with van der Waals surface area (Å²) in [5.74, 6) is 0.667. The van der Waals surface area contributed by atoms with Gasteiger partial charge < -0.3 is 20.3 Å². The van der Waals surface area contributed by atoms with Crippen molar-refractivity contribution >= 4 is 30.2 Å². The van der Waals surface area contributed by atoms with Gasteiger partial charge in [0.25, 0.3) is 0 Å². The van der Waals surface area contributed by atoms with Crippen LogP contribution < -0.4 is 5.32 Å². The van der Waals surface area contributed by atoms with Gasteiger partial charge in [0.15, 0.2) is 23.2 Å². The number of aromatic nitrogens is 4. The van der Waals surface area contributed by atoms with Crippen LogP contribution >= 0.6 is 6.89 Å². The number of hydrogen-bond acceptors (Lipinski definition) is 7. The summed E-state index contributed by atoms with van der Waals surface area (Å²) >= 11 is 0. The summed E-state index contributed by atoms with van der Waals surface area (Å²) in [7, 11) is 0. The summed E-state index contributed by atoms with van der Waals surface area (Å²) in [6.45, 7) is 6.01. The lowest BCUT2D eigenvalue weighted by molar-refractivity contribution is -0.0353. The maximum Gasteiger partial charge on any atom is 0.167 e. The molecule has 0 radical (unpaired) electrons. The first-order chi connectivity index (χ1) is 12.8. The van der Waals surface area contributed by atoms with Gasteiger partial charge in [-0.2, -0.15) is 0 Å². The molecular formula is C18H30N5O3P. The zero-order valence-electron chi connectivity index (χ0n) is 16.2. The highest BCUT2D eigenvalue weighted by Crippen LogP contribution is 2.40.